The van der Waals surface area contributed by atoms with Gasteiger partial charge in [-0.2, -0.15) is 0 Å². The van der Waals surface area contributed by atoms with Crippen molar-refractivity contribution in [2.75, 3.05) is 6.61 Å². The third-order valence-electron chi connectivity index (χ3n) is 18.0. The maximum atomic E-state index is 13.4. The van der Waals surface area contributed by atoms with E-state index in [1.807, 2.05) is 27.7 Å². The van der Waals surface area contributed by atoms with Crippen LogP contribution in [-0.2, 0) is 28.7 Å². The Labute approximate surface area is 326 Å². The highest BCUT2D eigenvalue weighted by atomic mass is 16.5. The fourth-order valence-electron chi connectivity index (χ4n) is 14.2. The van der Waals surface area contributed by atoms with Crippen LogP contribution in [-0.4, -0.2) is 46.8 Å². The van der Waals surface area contributed by atoms with Gasteiger partial charge in [0.05, 0.1) is 32.3 Å². The molecule has 0 aromatic carbocycles. The molecular formula is C46H74O8. The predicted molar refractivity (Wildman–Crippen MR) is 210 cm³/mol. The van der Waals surface area contributed by atoms with Crippen molar-refractivity contribution < 1.29 is 38.9 Å². The molecule has 306 valence electrons. The third-order valence-corrected chi connectivity index (χ3v) is 18.0. The van der Waals surface area contributed by atoms with Gasteiger partial charge >= 0.3 is 23.9 Å². The molecule has 0 spiro atoms. The van der Waals surface area contributed by atoms with Crippen molar-refractivity contribution in [3.8, 4) is 0 Å². The smallest absolute Gasteiger partial charge is 0.306 e. The number of allylic oxidation sites excluding steroid dienone is 1. The summed E-state index contributed by atoms with van der Waals surface area (Å²) in [4.78, 5) is 49.9. The Morgan fingerprint density at radius 3 is 1.85 bits per heavy atom. The number of carbonyl (C=O) groups excluding carboxylic acids is 2. The van der Waals surface area contributed by atoms with Crippen LogP contribution in [0.5, 0.6) is 0 Å². The van der Waals surface area contributed by atoms with Gasteiger partial charge in [-0.25, -0.2) is 0 Å². The molecule has 8 nitrogen and oxygen atoms in total. The highest BCUT2D eigenvalue weighted by molar-refractivity contribution is 5.74. The minimum absolute atomic E-state index is 0.0410. The highest BCUT2D eigenvalue weighted by Crippen LogP contribution is 2.77. The van der Waals surface area contributed by atoms with Gasteiger partial charge in [0.2, 0.25) is 0 Å². The summed E-state index contributed by atoms with van der Waals surface area (Å²) in [6, 6.07) is 0. The molecule has 5 fully saturated rings. The van der Waals surface area contributed by atoms with Crippen LogP contribution >= 0.6 is 0 Å². The first kappa shape index (κ1) is 42.8. The van der Waals surface area contributed by atoms with Crippen LogP contribution in [0.1, 0.15) is 172 Å². The van der Waals surface area contributed by atoms with Crippen LogP contribution in [0.2, 0.25) is 0 Å². The van der Waals surface area contributed by atoms with Crippen molar-refractivity contribution >= 4 is 23.9 Å². The molecule has 5 saturated carbocycles. The molecule has 0 saturated heterocycles. The molecule has 5 aliphatic rings. The van der Waals surface area contributed by atoms with E-state index in [1.165, 1.54) is 12.0 Å². The first-order valence-corrected chi connectivity index (χ1v) is 21.4. The molecule has 0 bridgehead atoms. The Kier molecular flexibility index (Phi) is 11.8. The lowest BCUT2D eigenvalue weighted by atomic mass is 9.32. The first-order valence-electron chi connectivity index (χ1n) is 21.4. The SMILES string of the molecule is C=C(C)C1CC[C@]2(COC(=O)CC(C)(CC)CC(=O)O)CC[C@]3(C)C(CCC4[C@@]5(C)CC[C@H](OC(=O)CC(C)(CC)CC(=O)O)C(C)(C)C5CC[C@]43C)C12. The van der Waals surface area contributed by atoms with Crippen molar-refractivity contribution in [2.24, 2.45) is 67.5 Å². The Bertz CT molecular complexity index is 1480. The molecule has 5 rings (SSSR count). The number of aliphatic carboxylic acids is 2. The number of carboxylic acid groups (broad SMARTS) is 2. The fourth-order valence-corrected chi connectivity index (χ4v) is 14.2. The lowest BCUT2D eigenvalue weighted by Crippen LogP contribution is -2.67. The zero-order valence-corrected chi connectivity index (χ0v) is 35.5. The summed E-state index contributed by atoms with van der Waals surface area (Å²) in [7, 11) is 0. The molecule has 7 unspecified atom stereocenters. The maximum absolute atomic E-state index is 13.4. The van der Waals surface area contributed by atoms with E-state index in [-0.39, 0.29) is 70.8 Å². The summed E-state index contributed by atoms with van der Waals surface area (Å²) < 4.78 is 12.5. The molecule has 0 aliphatic heterocycles. The topological polar surface area (TPSA) is 127 Å². The van der Waals surface area contributed by atoms with Gasteiger partial charge in [0, 0.05) is 10.8 Å². The number of esters is 2. The van der Waals surface area contributed by atoms with Crippen molar-refractivity contribution in [3.05, 3.63) is 12.2 Å². The van der Waals surface area contributed by atoms with Crippen LogP contribution in [0.3, 0.4) is 0 Å². The van der Waals surface area contributed by atoms with E-state index in [4.69, 9.17) is 9.47 Å². The Morgan fingerprint density at radius 1 is 0.704 bits per heavy atom. The number of ether oxygens (including phenoxy) is 2. The van der Waals surface area contributed by atoms with Crippen LogP contribution < -0.4 is 0 Å². The molecule has 2 N–H and O–H groups in total. The van der Waals surface area contributed by atoms with E-state index in [0.717, 1.165) is 57.8 Å². The molecule has 54 heavy (non-hydrogen) atoms. The average molecular weight is 755 g/mol. The van der Waals surface area contributed by atoms with Gasteiger partial charge in [-0.15, -0.1) is 0 Å². The fraction of sp³-hybridized carbons (Fsp3) is 0.870. The summed E-state index contributed by atoms with van der Waals surface area (Å²) in [6.45, 7) is 27.2. The largest absolute Gasteiger partial charge is 0.481 e. The standard InChI is InChI=1S/C46H74O8/c1-12-41(7,24-35(47)48)26-37(51)53-28-46-21-16-30(29(3)4)39(46)31-14-15-33-43(9)19-18-34(54-38(52)27-42(8,13-2)25-36(49)50)40(5,6)32(43)17-20-45(33,11)44(31,10)22-23-46/h30-34,39H,3,12-28H2,1-2,4-11H3,(H,47,48)(H,49,50)/t30?,31?,32?,33?,34-,39?,41?,42?,43-,44+,45+,46+/m0/s1. The number of hydrogen-bond donors (Lipinski definition) is 2. The second-order valence-electron chi connectivity index (χ2n) is 21.4. The second-order valence-corrected chi connectivity index (χ2v) is 21.4. The molecule has 0 amide bonds. The van der Waals surface area contributed by atoms with E-state index < -0.39 is 22.8 Å². The van der Waals surface area contributed by atoms with E-state index in [0.29, 0.717) is 49.0 Å². The van der Waals surface area contributed by atoms with Crippen LogP contribution in [0.25, 0.3) is 0 Å². The molecule has 5 aliphatic carbocycles. The summed E-state index contributed by atoms with van der Waals surface area (Å²) in [5.41, 5.74) is 0.133. The average Bonchev–Trinajstić information content (AvgIpc) is 3.45. The van der Waals surface area contributed by atoms with E-state index >= 15 is 0 Å². The molecular weight excluding hydrogens is 680 g/mol. The van der Waals surface area contributed by atoms with Crippen LogP contribution in [0, 0.1) is 67.5 Å². The predicted octanol–water partition coefficient (Wildman–Crippen LogP) is 10.7. The number of carboxylic acids is 2. The van der Waals surface area contributed by atoms with Crippen molar-refractivity contribution in [2.45, 2.75) is 178 Å². The Morgan fingerprint density at radius 2 is 1.30 bits per heavy atom. The second kappa shape index (κ2) is 14.8. The number of fused-ring (bicyclic) bond motifs is 7. The first-order chi connectivity index (χ1) is 24.9. The third kappa shape index (κ3) is 7.32. The van der Waals surface area contributed by atoms with E-state index in [1.54, 1.807) is 0 Å². The normalized spacial score (nSPS) is 40.3. The number of hydrogen-bond acceptors (Lipinski definition) is 6. The highest BCUT2D eigenvalue weighted by Gasteiger charge is 2.71. The molecule has 0 aromatic rings. The molecule has 0 radical (unpaired) electrons. The quantitative estimate of drug-likeness (QED) is 0.133. The van der Waals surface area contributed by atoms with Crippen LogP contribution in [0.4, 0.5) is 0 Å². The number of rotatable bonds is 14. The molecule has 12 atom stereocenters. The Hall–Kier alpha value is -2.38. The number of carbonyl (C=O) groups is 4. The summed E-state index contributed by atoms with van der Waals surface area (Å²) in [5, 5.41) is 19.0. The van der Waals surface area contributed by atoms with Gasteiger partial charge in [0.1, 0.15) is 6.10 Å². The monoisotopic (exact) mass is 755 g/mol. The van der Waals surface area contributed by atoms with Gasteiger partial charge in [-0.05, 0) is 141 Å². The van der Waals surface area contributed by atoms with Gasteiger partial charge in [-0.1, -0.05) is 74.5 Å². The molecule has 0 aromatic heterocycles. The van der Waals surface area contributed by atoms with Gasteiger partial charge in [0.25, 0.3) is 0 Å². The Balaban J connectivity index is 1.36. The minimum atomic E-state index is -0.881. The van der Waals surface area contributed by atoms with Gasteiger partial charge in [0.15, 0.2) is 0 Å². The van der Waals surface area contributed by atoms with Gasteiger partial charge < -0.3 is 19.7 Å². The molecule has 8 heteroatoms. The molecule has 0 heterocycles. The summed E-state index contributed by atoms with van der Waals surface area (Å²) >= 11 is 0. The van der Waals surface area contributed by atoms with Crippen molar-refractivity contribution in [1.29, 1.82) is 0 Å². The maximum Gasteiger partial charge on any atom is 0.306 e. The van der Waals surface area contributed by atoms with Crippen molar-refractivity contribution in [1.82, 2.24) is 0 Å². The van der Waals surface area contributed by atoms with Crippen molar-refractivity contribution in [3.63, 3.8) is 0 Å². The van der Waals surface area contributed by atoms with E-state index in [9.17, 15) is 29.4 Å². The lowest BCUT2D eigenvalue weighted by molar-refractivity contribution is -0.252. The lowest BCUT2D eigenvalue weighted by Gasteiger charge is -2.73. The summed E-state index contributed by atoms with van der Waals surface area (Å²) in [6.07, 6.45) is 11.9. The summed E-state index contributed by atoms with van der Waals surface area (Å²) in [5.74, 6) is -0.0168. The zero-order chi connectivity index (χ0) is 40.3. The van der Waals surface area contributed by atoms with Crippen LogP contribution in [0.15, 0.2) is 12.2 Å². The minimum Gasteiger partial charge on any atom is -0.481 e. The van der Waals surface area contributed by atoms with E-state index in [2.05, 4.69) is 48.1 Å². The van der Waals surface area contributed by atoms with Gasteiger partial charge in [-0.3, -0.25) is 19.2 Å². The zero-order valence-electron chi connectivity index (χ0n) is 35.5.